The molecule has 1 unspecified atom stereocenters. The lowest BCUT2D eigenvalue weighted by Crippen LogP contribution is -2.44. The molecule has 7 nitrogen and oxygen atoms in total. The van der Waals surface area contributed by atoms with E-state index in [9.17, 15) is 44.5 Å². The molecular formula is C9H8F5O7S-. The van der Waals surface area contributed by atoms with E-state index in [0.29, 0.717) is 0 Å². The van der Waals surface area contributed by atoms with E-state index in [1.54, 1.807) is 0 Å². The molecule has 0 amide bonds. The second kappa shape index (κ2) is 6.56. The van der Waals surface area contributed by atoms with E-state index in [-0.39, 0.29) is 0 Å². The van der Waals surface area contributed by atoms with Gasteiger partial charge in [0, 0.05) is 5.57 Å². The van der Waals surface area contributed by atoms with Crippen LogP contribution < -0.4 is 0 Å². The van der Waals surface area contributed by atoms with Crippen molar-refractivity contribution in [2.75, 3.05) is 6.61 Å². The lowest BCUT2D eigenvalue weighted by atomic mass is 10.3. The van der Waals surface area contributed by atoms with Gasteiger partial charge in [-0.3, -0.25) is 0 Å². The minimum atomic E-state index is -6.26. The molecule has 1 atom stereocenters. The summed E-state index contributed by atoms with van der Waals surface area (Å²) in [6.07, 6.45) is -9.10. The first-order valence-corrected chi connectivity index (χ1v) is 6.43. The van der Waals surface area contributed by atoms with E-state index < -0.39 is 51.8 Å². The van der Waals surface area contributed by atoms with E-state index in [1.165, 1.54) is 0 Å². The van der Waals surface area contributed by atoms with E-state index in [1.807, 2.05) is 0 Å². The molecule has 0 rings (SSSR count). The predicted molar refractivity (Wildman–Crippen MR) is 56.4 cm³/mol. The normalized spacial score (nSPS) is 14.1. The zero-order valence-corrected chi connectivity index (χ0v) is 11.5. The Bertz CT molecular complexity index is 565. The van der Waals surface area contributed by atoms with Crippen LogP contribution in [0.4, 0.5) is 22.0 Å². The Morgan fingerprint density at radius 3 is 2.00 bits per heavy atom. The summed E-state index contributed by atoms with van der Waals surface area (Å²) in [7, 11) is -6.26. The molecule has 0 fully saturated rings. The Morgan fingerprint density at radius 1 is 1.23 bits per heavy atom. The Kier molecular flexibility index (Phi) is 6.03. The molecule has 0 radical (unpaired) electrons. The second-order valence-electron chi connectivity index (χ2n) is 3.81. The van der Waals surface area contributed by atoms with Crippen LogP contribution in [0.3, 0.4) is 0 Å². The van der Waals surface area contributed by atoms with Crippen molar-refractivity contribution < 1.29 is 54.0 Å². The Labute approximate surface area is 120 Å². The van der Waals surface area contributed by atoms with E-state index in [4.69, 9.17) is 0 Å². The summed E-state index contributed by atoms with van der Waals surface area (Å²) in [6, 6.07) is 0. The number of hydrogen-bond donors (Lipinski definition) is 0. The van der Waals surface area contributed by atoms with Crippen molar-refractivity contribution >= 4 is 22.1 Å². The van der Waals surface area contributed by atoms with Crippen molar-refractivity contribution in [3.8, 4) is 0 Å². The number of carbonyl (C=O) groups excluding carboxylic acids is 2. The average Bonchev–Trinajstić information content (AvgIpc) is 2.29. The van der Waals surface area contributed by atoms with Crippen molar-refractivity contribution in [3.63, 3.8) is 0 Å². The number of hydrogen-bond acceptors (Lipinski definition) is 7. The van der Waals surface area contributed by atoms with Gasteiger partial charge in [0.15, 0.2) is 16.7 Å². The highest BCUT2D eigenvalue weighted by Gasteiger charge is 2.51. The molecule has 128 valence electrons. The molecule has 0 N–H and O–H groups in total. The summed E-state index contributed by atoms with van der Waals surface area (Å²) in [5, 5.41) is -5.14. The topological polar surface area (TPSA) is 110 Å². The van der Waals surface area contributed by atoms with Crippen LogP contribution in [0.5, 0.6) is 0 Å². The molecule has 0 bridgehead atoms. The predicted octanol–water partition coefficient (Wildman–Crippen LogP) is 0.718. The van der Waals surface area contributed by atoms with Crippen LogP contribution in [0.2, 0.25) is 0 Å². The molecule has 0 aromatic heterocycles. The first-order valence-electron chi connectivity index (χ1n) is 5.02. The SMILES string of the molecule is C=C(C)C(=O)OC(C(=O)OCC(F)(F)S(=O)(=O)[O-])C(F)(F)F. The number of esters is 2. The van der Waals surface area contributed by atoms with Crippen LogP contribution in [0.1, 0.15) is 6.92 Å². The van der Waals surface area contributed by atoms with Gasteiger partial charge in [-0.05, 0) is 6.92 Å². The molecule has 22 heavy (non-hydrogen) atoms. The fourth-order valence-corrected chi connectivity index (χ4v) is 0.962. The summed E-state index contributed by atoms with van der Waals surface area (Å²) in [5.74, 6) is -4.19. The van der Waals surface area contributed by atoms with Gasteiger partial charge in [-0.15, -0.1) is 0 Å². The molecule has 0 heterocycles. The minimum absolute atomic E-state index is 0.533. The first-order chi connectivity index (χ1) is 9.59. The highest BCUT2D eigenvalue weighted by molar-refractivity contribution is 7.86. The molecule has 0 aromatic rings. The standard InChI is InChI=1S/C9H9F5O7S/c1-4(2)6(15)21-5(9(12,13)14)7(16)20-3-8(10,11)22(17,18)19/h5H,1,3H2,2H3,(H,17,18,19)/p-1. The van der Waals surface area contributed by atoms with Gasteiger partial charge in [-0.2, -0.15) is 22.0 Å². The van der Waals surface area contributed by atoms with Crippen LogP contribution in [0, 0.1) is 0 Å². The minimum Gasteiger partial charge on any atom is -0.743 e. The number of ether oxygens (including phenoxy) is 2. The second-order valence-corrected chi connectivity index (χ2v) is 5.31. The molecule has 13 heteroatoms. The van der Waals surface area contributed by atoms with Crippen LogP contribution in [0.15, 0.2) is 12.2 Å². The summed E-state index contributed by atoms with van der Waals surface area (Å²) in [5.41, 5.74) is -0.533. The van der Waals surface area contributed by atoms with E-state index in [2.05, 4.69) is 16.1 Å². The van der Waals surface area contributed by atoms with Crippen LogP contribution in [-0.4, -0.2) is 49.1 Å². The molecule has 0 saturated carbocycles. The fraction of sp³-hybridized carbons (Fsp3) is 0.556. The Balaban J connectivity index is 5.10. The number of carbonyl (C=O) groups is 2. The molecule has 0 aromatic carbocycles. The smallest absolute Gasteiger partial charge is 0.436 e. The van der Waals surface area contributed by atoms with Crippen molar-refractivity contribution in [2.45, 2.75) is 24.5 Å². The highest BCUT2D eigenvalue weighted by atomic mass is 32.2. The summed E-state index contributed by atoms with van der Waals surface area (Å²) < 4.78 is 100. The van der Waals surface area contributed by atoms with E-state index in [0.717, 1.165) is 6.92 Å². The van der Waals surface area contributed by atoms with Gasteiger partial charge >= 0.3 is 23.4 Å². The zero-order valence-electron chi connectivity index (χ0n) is 10.6. The van der Waals surface area contributed by atoms with Crippen LogP contribution in [-0.2, 0) is 29.2 Å². The lowest BCUT2D eigenvalue weighted by molar-refractivity contribution is -0.230. The molecule has 0 aliphatic carbocycles. The Morgan fingerprint density at radius 2 is 1.68 bits per heavy atom. The average molecular weight is 355 g/mol. The molecule has 0 saturated heterocycles. The quantitative estimate of drug-likeness (QED) is 0.299. The maximum atomic E-state index is 12.7. The largest absolute Gasteiger partial charge is 0.743 e. The number of rotatable bonds is 6. The van der Waals surface area contributed by atoms with E-state index >= 15 is 0 Å². The molecule has 0 aliphatic rings. The van der Waals surface area contributed by atoms with Gasteiger partial charge in [-0.25, -0.2) is 18.0 Å². The third-order valence-electron chi connectivity index (χ3n) is 1.83. The van der Waals surface area contributed by atoms with Gasteiger partial charge in [0.2, 0.25) is 0 Å². The maximum absolute atomic E-state index is 12.7. The van der Waals surface area contributed by atoms with Crippen LogP contribution >= 0.6 is 0 Å². The van der Waals surface area contributed by atoms with Crippen LogP contribution in [0.25, 0.3) is 0 Å². The van der Waals surface area contributed by atoms with Crippen molar-refractivity contribution in [3.05, 3.63) is 12.2 Å². The zero-order chi connectivity index (χ0) is 17.9. The first kappa shape index (κ1) is 20.2. The van der Waals surface area contributed by atoms with Crippen molar-refractivity contribution in [1.29, 1.82) is 0 Å². The monoisotopic (exact) mass is 355 g/mol. The third kappa shape index (κ3) is 5.55. The Hall–Kier alpha value is -1.76. The maximum Gasteiger partial charge on any atom is 0.436 e. The third-order valence-corrected chi connectivity index (χ3v) is 2.68. The highest BCUT2D eigenvalue weighted by Crippen LogP contribution is 2.26. The summed E-state index contributed by atoms with van der Waals surface area (Å²) in [4.78, 5) is 22.0. The number of alkyl halides is 5. The van der Waals surface area contributed by atoms with Gasteiger partial charge in [-0.1, -0.05) is 6.58 Å². The number of halogens is 5. The molecule has 0 aliphatic heterocycles. The van der Waals surface area contributed by atoms with Gasteiger partial charge < -0.3 is 14.0 Å². The van der Waals surface area contributed by atoms with Gasteiger partial charge in [0.1, 0.15) is 0 Å². The van der Waals surface area contributed by atoms with Crippen molar-refractivity contribution in [1.82, 2.24) is 0 Å². The van der Waals surface area contributed by atoms with Gasteiger partial charge in [0.25, 0.3) is 6.10 Å². The lowest BCUT2D eigenvalue weighted by Gasteiger charge is -2.22. The van der Waals surface area contributed by atoms with Gasteiger partial charge in [0.05, 0.1) is 0 Å². The molecule has 0 spiro atoms. The molecular weight excluding hydrogens is 347 g/mol. The summed E-state index contributed by atoms with van der Waals surface area (Å²) >= 11 is 0. The van der Waals surface area contributed by atoms with Crippen molar-refractivity contribution in [2.24, 2.45) is 0 Å². The summed E-state index contributed by atoms with van der Waals surface area (Å²) in [6.45, 7) is 1.41. The fourth-order valence-electron chi connectivity index (χ4n) is 0.759.